The molecule has 2 aliphatic carbocycles. The van der Waals surface area contributed by atoms with Gasteiger partial charge in [0.2, 0.25) is 0 Å². The molecule has 214 valence electrons. The van der Waals surface area contributed by atoms with Crippen molar-refractivity contribution in [3.63, 3.8) is 0 Å². The molecule has 2 saturated heterocycles. The molecule has 7 rings (SSSR count). The fourth-order valence-corrected chi connectivity index (χ4v) is 6.87. The van der Waals surface area contributed by atoms with Crippen molar-refractivity contribution in [1.29, 1.82) is 0 Å². The average Bonchev–Trinajstić information content (AvgIpc) is 3.44. The number of H-pyrrole nitrogens is 1. The number of amides is 3. The Labute approximate surface area is 241 Å². The van der Waals surface area contributed by atoms with Gasteiger partial charge in [-0.15, -0.1) is 11.3 Å². The average molecular weight is 576 g/mol. The van der Waals surface area contributed by atoms with Crippen LogP contribution in [0.5, 0.6) is 0 Å². The lowest BCUT2D eigenvalue weighted by Gasteiger charge is -2.27. The number of benzene rings is 1. The van der Waals surface area contributed by atoms with Crippen molar-refractivity contribution in [3.8, 4) is 21.8 Å². The number of ether oxygens (including phenoxy) is 1. The molecule has 2 aromatic heterocycles. The predicted octanol–water partition coefficient (Wildman–Crippen LogP) is 3.28. The van der Waals surface area contributed by atoms with E-state index in [2.05, 4.69) is 25.8 Å². The highest BCUT2D eigenvalue weighted by molar-refractivity contribution is 7.17. The van der Waals surface area contributed by atoms with E-state index in [9.17, 15) is 14.4 Å². The summed E-state index contributed by atoms with van der Waals surface area (Å²) in [5.74, 6) is 0.685. The summed E-state index contributed by atoms with van der Waals surface area (Å²) in [5, 5.41) is 12.2. The third-order valence-corrected chi connectivity index (χ3v) is 9.30. The van der Waals surface area contributed by atoms with Crippen molar-refractivity contribution in [2.24, 2.45) is 5.92 Å². The third kappa shape index (κ3) is 5.28. The maximum atomic E-state index is 13.7. The van der Waals surface area contributed by atoms with Gasteiger partial charge < -0.3 is 19.9 Å². The molecule has 4 aliphatic rings. The van der Waals surface area contributed by atoms with E-state index in [4.69, 9.17) is 4.74 Å². The van der Waals surface area contributed by atoms with Crippen LogP contribution >= 0.6 is 11.3 Å². The van der Waals surface area contributed by atoms with Crippen LogP contribution in [-0.2, 0) is 4.74 Å². The molecular formula is C29H33N7O4S. The van der Waals surface area contributed by atoms with Gasteiger partial charge in [-0.25, -0.2) is 9.80 Å². The van der Waals surface area contributed by atoms with Gasteiger partial charge in [0.1, 0.15) is 5.69 Å². The Kier molecular flexibility index (Phi) is 7.07. The van der Waals surface area contributed by atoms with Crippen LogP contribution in [0.2, 0.25) is 0 Å². The van der Waals surface area contributed by atoms with E-state index in [-0.39, 0.29) is 11.7 Å². The van der Waals surface area contributed by atoms with Crippen LogP contribution in [0.15, 0.2) is 30.3 Å². The Morgan fingerprint density at radius 3 is 2.71 bits per heavy atom. The number of fused-ring (bicyclic) bond motifs is 3. The first-order valence-electron chi connectivity index (χ1n) is 14.3. The number of carbonyl (C=O) groups is 3. The molecule has 11 nitrogen and oxygen atoms in total. The Morgan fingerprint density at radius 2 is 1.88 bits per heavy atom. The van der Waals surface area contributed by atoms with Crippen LogP contribution in [0.25, 0.3) is 21.8 Å². The maximum absolute atomic E-state index is 13.7. The number of thiophene rings is 1. The summed E-state index contributed by atoms with van der Waals surface area (Å²) < 4.78 is 5.33. The molecule has 1 saturated carbocycles. The predicted molar refractivity (Wildman–Crippen MR) is 155 cm³/mol. The van der Waals surface area contributed by atoms with E-state index < -0.39 is 6.03 Å². The van der Waals surface area contributed by atoms with Crippen LogP contribution in [0.1, 0.15) is 44.9 Å². The van der Waals surface area contributed by atoms with Gasteiger partial charge in [-0.1, -0.05) is 12.1 Å². The fourth-order valence-electron chi connectivity index (χ4n) is 5.89. The molecule has 0 bridgehead atoms. The number of carbonyl (C=O) groups excluding carboxylic acids is 3. The van der Waals surface area contributed by atoms with E-state index in [1.807, 2.05) is 23.1 Å². The van der Waals surface area contributed by atoms with Crippen LogP contribution in [-0.4, -0.2) is 102 Å². The lowest BCUT2D eigenvalue weighted by molar-refractivity contribution is 0.0207. The topological polar surface area (TPSA) is 123 Å². The molecule has 0 spiro atoms. The van der Waals surface area contributed by atoms with Crippen LogP contribution < -0.4 is 10.7 Å². The second-order valence-electron chi connectivity index (χ2n) is 11.1. The normalized spacial score (nSPS) is 19.5. The minimum absolute atomic E-state index is 0.0399. The molecular weight excluding hydrogens is 542 g/mol. The van der Waals surface area contributed by atoms with Crippen LogP contribution in [0.3, 0.4) is 0 Å². The highest BCUT2D eigenvalue weighted by atomic mass is 32.1. The van der Waals surface area contributed by atoms with Crippen molar-refractivity contribution in [2.45, 2.75) is 19.3 Å². The number of urea groups is 1. The summed E-state index contributed by atoms with van der Waals surface area (Å²) in [6.45, 7) is 6.91. The minimum atomic E-state index is -0.412. The molecule has 12 heteroatoms. The van der Waals surface area contributed by atoms with Crippen molar-refractivity contribution >= 4 is 34.7 Å². The SMILES string of the molecule is O=C(Nc1cccc2c1C(=O)c1c-2n[nH]c1-c1ccc(C(=O)N2CCCN(CC3CC3)CC2)s1)NN1CCOCC1. The summed E-state index contributed by atoms with van der Waals surface area (Å²) in [6.07, 6.45) is 3.66. The second kappa shape index (κ2) is 11.0. The lowest BCUT2D eigenvalue weighted by Crippen LogP contribution is -2.49. The Balaban J connectivity index is 1.07. The minimum Gasteiger partial charge on any atom is -0.379 e. The van der Waals surface area contributed by atoms with E-state index in [1.165, 1.54) is 24.2 Å². The fraction of sp³-hybridized carbons (Fsp3) is 0.448. The number of hydrazine groups is 1. The molecule has 3 N–H and O–H groups in total. The largest absolute Gasteiger partial charge is 0.379 e. The van der Waals surface area contributed by atoms with E-state index >= 15 is 0 Å². The summed E-state index contributed by atoms with van der Waals surface area (Å²) in [6, 6.07) is 8.68. The van der Waals surface area contributed by atoms with Gasteiger partial charge in [0, 0.05) is 44.8 Å². The zero-order valence-electron chi connectivity index (χ0n) is 22.8. The summed E-state index contributed by atoms with van der Waals surface area (Å²) in [7, 11) is 0. The molecule has 3 fully saturated rings. The van der Waals surface area contributed by atoms with E-state index in [0.29, 0.717) is 64.9 Å². The molecule has 1 aromatic carbocycles. The number of rotatable bonds is 6. The van der Waals surface area contributed by atoms with Gasteiger partial charge in [0.05, 0.1) is 45.5 Å². The zero-order valence-corrected chi connectivity index (χ0v) is 23.6. The molecule has 41 heavy (non-hydrogen) atoms. The van der Waals surface area contributed by atoms with E-state index in [1.54, 1.807) is 17.1 Å². The standard InChI is InChI=1S/C29H33N7O4S/c37-27-23-19(3-1-4-20(23)30-29(39)33-36-13-15-40-16-14-36)25-24(27)26(32-31-25)21-7-8-22(41-21)28(38)35-10-2-9-34(11-12-35)17-18-5-6-18/h1,3-4,7-8,18H,2,5-6,9-17H2,(H,31,32)(H2,30,33,39). The lowest BCUT2D eigenvalue weighted by atomic mass is 10.1. The molecule has 0 unspecified atom stereocenters. The van der Waals surface area contributed by atoms with Gasteiger partial charge in [-0.05, 0) is 49.9 Å². The number of nitrogens with zero attached hydrogens (tertiary/aromatic N) is 4. The number of morpholine rings is 1. The van der Waals surface area contributed by atoms with Crippen molar-refractivity contribution in [1.82, 2.24) is 30.4 Å². The van der Waals surface area contributed by atoms with Crippen molar-refractivity contribution in [2.75, 3.05) is 64.3 Å². The number of hydrogen-bond acceptors (Lipinski definition) is 8. The zero-order chi connectivity index (χ0) is 27.9. The number of nitrogens with one attached hydrogen (secondary N) is 3. The van der Waals surface area contributed by atoms with Gasteiger partial charge in [-0.3, -0.25) is 20.1 Å². The second-order valence-corrected chi connectivity index (χ2v) is 12.2. The van der Waals surface area contributed by atoms with Crippen LogP contribution in [0.4, 0.5) is 10.5 Å². The molecule has 3 aromatic rings. The van der Waals surface area contributed by atoms with Crippen LogP contribution in [0, 0.1) is 5.92 Å². The quantitative estimate of drug-likeness (QED) is 0.323. The molecule has 3 amide bonds. The molecule has 2 aliphatic heterocycles. The highest BCUT2D eigenvalue weighted by Crippen LogP contribution is 2.44. The first-order chi connectivity index (χ1) is 20.0. The van der Waals surface area contributed by atoms with Gasteiger partial charge >= 0.3 is 6.03 Å². The summed E-state index contributed by atoms with van der Waals surface area (Å²) in [5.41, 5.74) is 5.96. The van der Waals surface area contributed by atoms with Gasteiger partial charge in [-0.2, -0.15) is 5.10 Å². The number of aromatic amines is 1. The number of hydrogen-bond donors (Lipinski definition) is 3. The van der Waals surface area contributed by atoms with Gasteiger partial charge in [0.25, 0.3) is 5.91 Å². The molecule has 4 heterocycles. The number of ketones is 1. The first kappa shape index (κ1) is 26.3. The van der Waals surface area contributed by atoms with Crippen molar-refractivity contribution < 1.29 is 19.1 Å². The monoisotopic (exact) mass is 575 g/mol. The Hall–Kier alpha value is -3.58. The van der Waals surface area contributed by atoms with E-state index in [0.717, 1.165) is 49.9 Å². The number of anilines is 1. The Bertz CT molecular complexity index is 1490. The molecule has 0 atom stereocenters. The first-order valence-corrected chi connectivity index (χ1v) is 15.2. The number of aromatic nitrogens is 2. The van der Waals surface area contributed by atoms with Crippen molar-refractivity contribution in [3.05, 3.63) is 46.3 Å². The third-order valence-electron chi connectivity index (χ3n) is 8.21. The molecule has 0 radical (unpaired) electrons. The highest BCUT2D eigenvalue weighted by Gasteiger charge is 2.36. The maximum Gasteiger partial charge on any atom is 0.333 e. The summed E-state index contributed by atoms with van der Waals surface area (Å²) in [4.78, 5) is 45.7. The van der Waals surface area contributed by atoms with Gasteiger partial charge in [0.15, 0.2) is 5.78 Å². The summed E-state index contributed by atoms with van der Waals surface area (Å²) >= 11 is 1.38. The Morgan fingerprint density at radius 1 is 1.02 bits per heavy atom. The smallest absolute Gasteiger partial charge is 0.333 e.